The van der Waals surface area contributed by atoms with Crippen molar-refractivity contribution in [2.75, 3.05) is 37.2 Å². The fourth-order valence-corrected chi connectivity index (χ4v) is 5.35. The lowest BCUT2D eigenvalue weighted by atomic mass is 10.1. The molecule has 1 saturated heterocycles. The molecule has 2 amide bonds. The Bertz CT molecular complexity index is 1450. The number of nitrogens with zero attached hydrogens (tertiary/aromatic N) is 3. The summed E-state index contributed by atoms with van der Waals surface area (Å²) >= 11 is 12.4. The molecule has 0 radical (unpaired) electrons. The van der Waals surface area contributed by atoms with Crippen LogP contribution in [0.2, 0.25) is 10.0 Å². The highest BCUT2D eigenvalue weighted by atomic mass is 35.5. The first kappa shape index (κ1) is 39.0. The van der Waals surface area contributed by atoms with Gasteiger partial charge in [-0.1, -0.05) is 83.9 Å². The SMILES string of the molecule is Cl.Cl.Cl.NC(=O)[C@H]1CN(Cc2nc(-c3ccccc3)c(-c3ccccc3)o2)CCN1CC(=O)Nc1c(Cl)cc(N)cc1Cl.O. The van der Waals surface area contributed by atoms with E-state index < -0.39 is 11.9 Å². The van der Waals surface area contributed by atoms with Crippen molar-refractivity contribution in [1.29, 1.82) is 0 Å². The molecule has 4 aromatic rings. The van der Waals surface area contributed by atoms with Gasteiger partial charge < -0.3 is 26.7 Å². The van der Waals surface area contributed by atoms with E-state index in [1.165, 1.54) is 12.1 Å². The van der Waals surface area contributed by atoms with Crippen molar-refractivity contribution < 1.29 is 19.5 Å². The molecule has 15 heteroatoms. The van der Waals surface area contributed by atoms with E-state index in [0.29, 0.717) is 43.5 Å². The zero-order valence-electron chi connectivity index (χ0n) is 23.2. The van der Waals surface area contributed by atoms with E-state index in [-0.39, 0.29) is 70.9 Å². The summed E-state index contributed by atoms with van der Waals surface area (Å²) in [4.78, 5) is 33.8. The summed E-state index contributed by atoms with van der Waals surface area (Å²) < 4.78 is 6.26. The van der Waals surface area contributed by atoms with Crippen molar-refractivity contribution in [3.05, 3.63) is 88.7 Å². The average Bonchev–Trinajstić information content (AvgIpc) is 3.36. The van der Waals surface area contributed by atoms with Crippen molar-refractivity contribution >= 4 is 83.6 Å². The summed E-state index contributed by atoms with van der Waals surface area (Å²) in [6, 6.07) is 22.0. The number of aromatic nitrogens is 1. The molecule has 3 aromatic carbocycles. The molecule has 0 spiro atoms. The first-order chi connectivity index (χ1) is 19.3. The largest absolute Gasteiger partial charge is 0.439 e. The maximum absolute atomic E-state index is 12.8. The minimum absolute atomic E-state index is 0. The Kier molecular flexibility index (Phi) is 15.4. The van der Waals surface area contributed by atoms with Crippen LogP contribution >= 0.6 is 60.4 Å². The molecule has 44 heavy (non-hydrogen) atoms. The summed E-state index contributed by atoms with van der Waals surface area (Å²) in [7, 11) is 0. The molecule has 238 valence electrons. The van der Waals surface area contributed by atoms with Gasteiger partial charge in [0.15, 0.2) is 5.76 Å². The van der Waals surface area contributed by atoms with Crippen LogP contribution < -0.4 is 16.8 Å². The van der Waals surface area contributed by atoms with Crippen LogP contribution in [0.15, 0.2) is 77.2 Å². The topological polar surface area (TPSA) is 162 Å². The van der Waals surface area contributed by atoms with Gasteiger partial charge in [-0.2, -0.15) is 0 Å². The number of benzene rings is 3. The molecular weight excluding hydrogens is 674 g/mol. The van der Waals surface area contributed by atoms with E-state index in [1.807, 2.05) is 65.6 Å². The van der Waals surface area contributed by atoms with Crippen LogP contribution in [0.25, 0.3) is 22.6 Å². The lowest BCUT2D eigenvalue weighted by molar-refractivity contribution is -0.128. The van der Waals surface area contributed by atoms with Crippen molar-refractivity contribution in [2.45, 2.75) is 12.6 Å². The number of rotatable bonds is 8. The third-order valence-corrected chi connectivity index (χ3v) is 7.29. The van der Waals surface area contributed by atoms with Gasteiger partial charge in [-0.05, 0) is 12.1 Å². The molecule has 0 saturated carbocycles. The molecule has 1 aliphatic rings. The number of carbonyl (C=O) groups is 2. The van der Waals surface area contributed by atoms with Crippen LogP contribution in [0.1, 0.15) is 5.89 Å². The number of hydrogen-bond acceptors (Lipinski definition) is 7. The second-order valence-electron chi connectivity index (χ2n) is 9.55. The van der Waals surface area contributed by atoms with E-state index >= 15 is 0 Å². The molecule has 5 rings (SSSR count). The number of carbonyl (C=O) groups excluding carboxylic acids is 2. The van der Waals surface area contributed by atoms with Crippen molar-refractivity contribution in [3.63, 3.8) is 0 Å². The first-order valence-electron chi connectivity index (χ1n) is 12.7. The highest BCUT2D eigenvalue weighted by Crippen LogP contribution is 2.34. The van der Waals surface area contributed by atoms with Crippen LogP contribution in [0, 0.1) is 0 Å². The Labute approximate surface area is 283 Å². The van der Waals surface area contributed by atoms with Crippen molar-refractivity contribution in [1.82, 2.24) is 14.8 Å². The zero-order chi connectivity index (χ0) is 28.2. The molecular formula is C29H33Cl5N6O4. The fourth-order valence-electron chi connectivity index (χ4n) is 4.76. The maximum atomic E-state index is 12.8. The molecule has 10 nitrogen and oxygen atoms in total. The number of piperazine rings is 1. The predicted octanol–water partition coefficient (Wildman–Crippen LogP) is 4.95. The molecule has 0 aliphatic carbocycles. The van der Waals surface area contributed by atoms with Crippen molar-refractivity contribution in [3.8, 4) is 22.6 Å². The van der Waals surface area contributed by atoms with Gasteiger partial charge in [0.2, 0.25) is 17.7 Å². The fraction of sp³-hybridized carbons (Fsp3) is 0.207. The summed E-state index contributed by atoms with van der Waals surface area (Å²) in [6.45, 7) is 1.64. The van der Waals surface area contributed by atoms with Gasteiger partial charge in [0.05, 0.1) is 28.8 Å². The monoisotopic (exact) mass is 704 g/mol. The second kappa shape index (κ2) is 17.4. The van der Waals surface area contributed by atoms with E-state index in [9.17, 15) is 9.59 Å². The highest BCUT2D eigenvalue weighted by molar-refractivity contribution is 6.40. The second-order valence-corrected chi connectivity index (χ2v) is 10.4. The molecule has 7 N–H and O–H groups in total. The van der Waals surface area contributed by atoms with Gasteiger partial charge in [0, 0.05) is 36.4 Å². The normalized spacial score (nSPS) is 14.6. The molecule has 1 aliphatic heterocycles. The Hall–Kier alpha value is -3.06. The molecule has 0 unspecified atom stereocenters. The summed E-state index contributed by atoms with van der Waals surface area (Å²) in [5.41, 5.74) is 14.8. The molecule has 1 fully saturated rings. The van der Waals surface area contributed by atoms with Gasteiger partial charge in [-0.15, -0.1) is 37.2 Å². The van der Waals surface area contributed by atoms with E-state index in [2.05, 4.69) is 5.32 Å². The zero-order valence-corrected chi connectivity index (χ0v) is 27.2. The lowest BCUT2D eigenvalue weighted by Crippen LogP contribution is -2.59. The number of nitrogens with one attached hydrogen (secondary N) is 1. The number of nitrogen functional groups attached to an aromatic ring is 1. The molecule has 0 bridgehead atoms. The number of nitrogens with two attached hydrogens (primary N) is 2. The first-order valence-corrected chi connectivity index (χ1v) is 13.4. The maximum Gasteiger partial charge on any atom is 0.238 e. The number of amides is 2. The minimum Gasteiger partial charge on any atom is -0.439 e. The van der Waals surface area contributed by atoms with Gasteiger partial charge in [0.25, 0.3) is 0 Å². The summed E-state index contributed by atoms with van der Waals surface area (Å²) in [5, 5.41) is 3.17. The third-order valence-electron chi connectivity index (χ3n) is 6.69. The smallest absolute Gasteiger partial charge is 0.238 e. The quantitative estimate of drug-likeness (QED) is 0.219. The Morgan fingerprint density at radius 2 is 1.50 bits per heavy atom. The van der Waals surface area contributed by atoms with E-state index in [0.717, 1.165) is 16.8 Å². The Morgan fingerprint density at radius 3 is 2.07 bits per heavy atom. The van der Waals surface area contributed by atoms with Gasteiger partial charge >= 0.3 is 0 Å². The Morgan fingerprint density at radius 1 is 0.932 bits per heavy atom. The van der Waals surface area contributed by atoms with E-state index in [1.54, 1.807) is 4.90 Å². The van der Waals surface area contributed by atoms with Gasteiger partial charge in [-0.25, -0.2) is 4.98 Å². The summed E-state index contributed by atoms with van der Waals surface area (Å²) in [6.07, 6.45) is 0. The van der Waals surface area contributed by atoms with Crippen LogP contribution in [-0.2, 0) is 16.1 Å². The molecule has 1 atom stereocenters. The van der Waals surface area contributed by atoms with Crippen LogP contribution in [0.4, 0.5) is 11.4 Å². The number of anilines is 2. The third kappa shape index (κ3) is 9.23. The van der Waals surface area contributed by atoms with E-state index in [4.69, 9.17) is 44.1 Å². The van der Waals surface area contributed by atoms with Crippen LogP contribution in [-0.4, -0.2) is 64.3 Å². The number of hydrogen-bond donors (Lipinski definition) is 3. The molecule has 2 heterocycles. The molecule has 1 aromatic heterocycles. The lowest BCUT2D eigenvalue weighted by Gasteiger charge is -2.39. The van der Waals surface area contributed by atoms with Gasteiger partial charge in [-0.3, -0.25) is 19.4 Å². The number of halogens is 5. The average molecular weight is 707 g/mol. The number of primary amides is 1. The summed E-state index contributed by atoms with van der Waals surface area (Å²) in [5.74, 6) is 0.313. The standard InChI is InChI=1S/C29H28Cl2N6O3.3ClH.H2O/c30-21-13-20(32)14-22(31)27(21)34-24(38)16-37-12-11-36(15-23(37)29(33)39)17-25-35-26(18-7-3-1-4-8-18)28(40-25)19-9-5-2-6-10-19;;;;/h1-10,13-14,23H,11-12,15-17,32H2,(H2,33,39)(H,34,38);3*1H;1H2/t23-;;;;/m1..../s1. The van der Waals surface area contributed by atoms with Gasteiger partial charge in [0.1, 0.15) is 11.7 Å². The number of oxazole rings is 1. The predicted molar refractivity (Wildman–Crippen MR) is 182 cm³/mol. The van der Waals surface area contributed by atoms with Crippen LogP contribution in [0.5, 0.6) is 0 Å². The minimum atomic E-state index is -0.686. The Balaban J connectivity index is 0.00000242. The highest BCUT2D eigenvalue weighted by Gasteiger charge is 2.33. The van der Waals surface area contributed by atoms with Crippen molar-refractivity contribution in [2.24, 2.45) is 5.73 Å². The van der Waals surface area contributed by atoms with Crippen LogP contribution in [0.3, 0.4) is 0 Å².